The van der Waals surface area contributed by atoms with Gasteiger partial charge in [0.2, 0.25) is 0 Å². The molecule has 0 atom stereocenters. The molecule has 0 aliphatic carbocycles. The van der Waals surface area contributed by atoms with E-state index in [0.29, 0.717) is 0 Å². The van der Waals surface area contributed by atoms with Gasteiger partial charge in [0, 0.05) is 0 Å². The molecule has 19 heavy (non-hydrogen) atoms. The molecule has 0 aliphatic rings. The van der Waals surface area contributed by atoms with E-state index in [1.165, 1.54) is 12.8 Å². The van der Waals surface area contributed by atoms with Crippen molar-refractivity contribution in [2.24, 2.45) is 10.2 Å². The van der Waals surface area contributed by atoms with E-state index >= 15 is 0 Å². The van der Waals surface area contributed by atoms with Crippen LogP contribution in [0.25, 0.3) is 0 Å². The molecule has 0 aliphatic heterocycles. The molecule has 1 radical (unpaired) electrons. The Bertz CT molecular complexity index is 518. The van der Waals surface area contributed by atoms with Crippen molar-refractivity contribution in [1.82, 2.24) is 0 Å². The van der Waals surface area contributed by atoms with Gasteiger partial charge >= 0.3 is 0 Å². The van der Waals surface area contributed by atoms with E-state index < -0.39 is 0 Å². The number of nitrogens with zero attached hydrogens (tertiary/aromatic N) is 2. The zero-order valence-corrected chi connectivity index (χ0v) is 11.3. The van der Waals surface area contributed by atoms with Gasteiger partial charge in [-0.05, 0) is 36.6 Å². The zero-order valence-electron chi connectivity index (χ0n) is 11.3. The summed E-state index contributed by atoms with van der Waals surface area (Å²) in [5.41, 5.74) is 2.98. The summed E-state index contributed by atoms with van der Waals surface area (Å²) in [6, 6.07) is 17.9. The maximum atomic E-state index is 4.35. The maximum absolute atomic E-state index is 4.35. The number of unbranched alkanes of at least 4 members (excludes halogenated alkanes) is 2. The highest BCUT2D eigenvalue weighted by atomic mass is 15.1. The molecule has 0 spiro atoms. The summed E-state index contributed by atoms with van der Waals surface area (Å²) in [4.78, 5) is 0. The van der Waals surface area contributed by atoms with E-state index in [4.69, 9.17) is 0 Å². The molecule has 0 saturated carbocycles. The fraction of sp³-hybridized carbons (Fsp3) is 0.235. The third kappa shape index (κ3) is 4.32. The smallest absolute Gasteiger partial charge is 0.0892 e. The highest BCUT2D eigenvalue weighted by Gasteiger charge is 2.00. The van der Waals surface area contributed by atoms with Gasteiger partial charge in [-0.3, -0.25) is 0 Å². The van der Waals surface area contributed by atoms with Crippen molar-refractivity contribution in [2.45, 2.75) is 26.2 Å². The van der Waals surface area contributed by atoms with Gasteiger partial charge < -0.3 is 0 Å². The zero-order chi connectivity index (χ0) is 13.3. The number of azo groups is 1. The quantitative estimate of drug-likeness (QED) is 0.455. The maximum Gasteiger partial charge on any atom is 0.0892 e. The molecule has 0 amide bonds. The summed E-state index contributed by atoms with van der Waals surface area (Å²) in [5.74, 6) is 0. The third-order valence-electron chi connectivity index (χ3n) is 2.89. The van der Waals surface area contributed by atoms with Crippen LogP contribution < -0.4 is 0 Å². The second-order valence-electron chi connectivity index (χ2n) is 4.44. The largest absolute Gasteiger partial charge is 0.151 e. The summed E-state index contributed by atoms with van der Waals surface area (Å²) in [6.45, 7) is 2.20. The van der Waals surface area contributed by atoms with Gasteiger partial charge in [-0.1, -0.05) is 56.2 Å². The van der Waals surface area contributed by atoms with Crippen LogP contribution in [-0.4, -0.2) is 0 Å². The van der Waals surface area contributed by atoms with Crippen LogP contribution >= 0.6 is 0 Å². The first-order valence-electron chi connectivity index (χ1n) is 6.79. The first kappa shape index (κ1) is 13.5. The van der Waals surface area contributed by atoms with Crippen LogP contribution in [0.3, 0.4) is 0 Å². The third-order valence-corrected chi connectivity index (χ3v) is 2.89. The Kier molecular flexibility index (Phi) is 5.30. The Balaban J connectivity index is 2.09. The molecule has 2 heteroatoms. The van der Waals surface area contributed by atoms with Gasteiger partial charge in [0.05, 0.1) is 11.4 Å². The Labute approximate surface area is 115 Å². The molecule has 0 saturated heterocycles. The average Bonchev–Trinajstić information content (AvgIpc) is 2.48. The molecule has 0 N–H and O–H groups in total. The SMILES string of the molecule is CCCC[CH]c1ccccc1/N=N/c1ccccc1. The molecular weight excluding hydrogens is 232 g/mol. The van der Waals surface area contributed by atoms with E-state index in [1.807, 2.05) is 48.5 Å². The molecule has 2 aromatic carbocycles. The van der Waals surface area contributed by atoms with E-state index in [2.05, 4.69) is 29.6 Å². The van der Waals surface area contributed by atoms with Crippen LogP contribution in [0.1, 0.15) is 31.7 Å². The number of hydrogen-bond acceptors (Lipinski definition) is 2. The highest BCUT2D eigenvalue weighted by Crippen LogP contribution is 2.24. The fourth-order valence-corrected chi connectivity index (χ4v) is 1.82. The monoisotopic (exact) mass is 251 g/mol. The minimum atomic E-state index is 0.880. The Morgan fingerprint density at radius 1 is 0.895 bits per heavy atom. The van der Waals surface area contributed by atoms with Crippen LogP contribution in [-0.2, 0) is 0 Å². The first-order valence-corrected chi connectivity index (χ1v) is 6.79. The molecule has 0 aromatic heterocycles. The summed E-state index contributed by atoms with van der Waals surface area (Å²) in [5, 5.41) is 8.62. The van der Waals surface area contributed by atoms with E-state index in [0.717, 1.165) is 23.4 Å². The van der Waals surface area contributed by atoms with Gasteiger partial charge in [0.25, 0.3) is 0 Å². The molecule has 0 heterocycles. The van der Waals surface area contributed by atoms with Gasteiger partial charge in [-0.2, -0.15) is 10.2 Å². The van der Waals surface area contributed by atoms with Crippen LogP contribution in [0, 0.1) is 6.42 Å². The molecule has 2 aromatic rings. The van der Waals surface area contributed by atoms with Crippen molar-refractivity contribution < 1.29 is 0 Å². The lowest BCUT2D eigenvalue weighted by atomic mass is 10.1. The molecule has 97 valence electrons. The van der Waals surface area contributed by atoms with Crippen molar-refractivity contribution in [2.75, 3.05) is 0 Å². The van der Waals surface area contributed by atoms with E-state index in [1.54, 1.807) is 0 Å². The fourth-order valence-electron chi connectivity index (χ4n) is 1.82. The average molecular weight is 251 g/mol. The summed E-state index contributed by atoms with van der Waals surface area (Å²) >= 11 is 0. The molecule has 0 unspecified atom stereocenters. The molecule has 2 nitrogen and oxygen atoms in total. The van der Waals surface area contributed by atoms with Crippen molar-refractivity contribution >= 4 is 11.4 Å². The number of benzene rings is 2. The highest BCUT2D eigenvalue weighted by molar-refractivity contribution is 5.49. The van der Waals surface area contributed by atoms with Crippen LogP contribution in [0.15, 0.2) is 64.8 Å². The van der Waals surface area contributed by atoms with Crippen molar-refractivity contribution in [3.05, 3.63) is 66.6 Å². The lowest BCUT2D eigenvalue weighted by Crippen LogP contribution is -1.82. The molecular formula is C17H19N2. The van der Waals surface area contributed by atoms with Crippen LogP contribution in [0.4, 0.5) is 11.4 Å². The van der Waals surface area contributed by atoms with Crippen molar-refractivity contribution in [3.8, 4) is 0 Å². The van der Waals surface area contributed by atoms with Crippen LogP contribution in [0.2, 0.25) is 0 Å². The predicted octanol–water partition coefficient (Wildman–Crippen LogP) is 5.84. The second-order valence-corrected chi connectivity index (χ2v) is 4.44. The summed E-state index contributed by atoms with van der Waals surface area (Å²) < 4.78 is 0. The lowest BCUT2D eigenvalue weighted by molar-refractivity contribution is 0.791. The molecule has 0 bridgehead atoms. The van der Waals surface area contributed by atoms with E-state index in [-0.39, 0.29) is 0 Å². The normalized spacial score (nSPS) is 11.0. The molecule has 2 rings (SSSR count). The Morgan fingerprint density at radius 3 is 2.42 bits per heavy atom. The minimum absolute atomic E-state index is 0.880. The van der Waals surface area contributed by atoms with Crippen LogP contribution in [0.5, 0.6) is 0 Å². The summed E-state index contributed by atoms with van der Waals surface area (Å²) in [7, 11) is 0. The Morgan fingerprint density at radius 2 is 1.63 bits per heavy atom. The second kappa shape index (κ2) is 7.47. The Hall–Kier alpha value is -1.96. The van der Waals surface area contributed by atoms with Gasteiger partial charge in [-0.15, -0.1) is 0 Å². The van der Waals surface area contributed by atoms with Crippen molar-refractivity contribution in [3.63, 3.8) is 0 Å². The lowest BCUT2D eigenvalue weighted by Gasteiger charge is -2.03. The number of hydrogen-bond donors (Lipinski definition) is 0. The van der Waals surface area contributed by atoms with Crippen molar-refractivity contribution in [1.29, 1.82) is 0 Å². The van der Waals surface area contributed by atoms with Gasteiger partial charge in [0.1, 0.15) is 0 Å². The molecule has 0 fully saturated rings. The summed E-state index contributed by atoms with van der Waals surface area (Å²) in [6.07, 6.45) is 5.76. The minimum Gasteiger partial charge on any atom is -0.151 e. The topological polar surface area (TPSA) is 24.7 Å². The van der Waals surface area contributed by atoms with E-state index in [9.17, 15) is 0 Å². The van der Waals surface area contributed by atoms with Gasteiger partial charge in [0.15, 0.2) is 0 Å². The predicted molar refractivity (Wildman–Crippen MR) is 80.0 cm³/mol. The van der Waals surface area contributed by atoms with Gasteiger partial charge in [-0.25, -0.2) is 0 Å². The number of rotatable bonds is 6. The first-order chi connectivity index (χ1) is 9.40. The standard InChI is InChI=1S/C17H19N2/c1-2-3-5-10-15-11-8-9-14-17(15)19-18-16-12-6-4-7-13-16/h4,6-14H,2-3,5H2,1H3/b19-18+.